The van der Waals surface area contributed by atoms with E-state index in [2.05, 4.69) is 16.0 Å². The Kier molecular flexibility index (Phi) is 7.58. The van der Waals surface area contributed by atoms with Gasteiger partial charge in [0.25, 0.3) is 0 Å². The number of halogens is 1. The molecular formula is C20H22ClN3O6. The van der Waals surface area contributed by atoms with E-state index in [9.17, 15) is 9.59 Å². The zero-order valence-corrected chi connectivity index (χ0v) is 17.1. The lowest BCUT2D eigenvalue weighted by Gasteiger charge is -2.20. The number of fused-ring (bicyclic) bond motifs is 1. The Bertz CT molecular complexity index is 908. The fourth-order valence-electron chi connectivity index (χ4n) is 2.62. The van der Waals surface area contributed by atoms with E-state index in [-0.39, 0.29) is 19.1 Å². The Labute approximate surface area is 178 Å². The van der Waals surface area contributed by atoms with Crippen LogP contribution < -0.4 is 25.4 Å². The molecule has 0 bridgehead atoms. The molecule has 0 saturated heterocycles. The van der Waals surface area contributed by atoms with E-state index in [0.717, 1.165) is 0 Å². The average Bonchev–Trinajstić information content (AvgIpc) is 2.73. The molecule has 2 amide bonds. The van der Waals surface area contributed by atoms with Gasteiger partial charge >= 0.3 is 6.09 Å². The monoisotopic (exact) mass is 435 g/mol. The molecule has 0 aliphatic carbocycles. The van der Waals surface area contributed by atoms with Crippen LogP contribution in [-0.2, 0) is 14.3 Å². The number of hydrogen-bond acceptors (Lipinski definition) is 7. The summed E-state index contributed by atoms with van der Waals surface area (Å²) in [6, 6.07) is 10.1. The van der Waals surface area contributed by atoms with Crippen molar-refractivity contribution in [1.29, 1.82) is 0 Å². The molecule has 1 aliphatic rings. The number of anilines is 3. The second kappa shape index (κ2) is 10.6. The van der Waals surface area contributed by atoms with E-state index >= 15 is 0 Å². The first-order valence-electron chi connectivity index (χ1n) is 9.21. The first-order valence-corrected chi connectivity index (χ1v) is 9.58. The van der Waals surface area contributed by atoms with Gasteiger partial charge in [0.1, 0.15) is 19.8 Å². The van der Waals surface area contributed by atoms with Crippen molar-refractivity contribution in [3.05, 3.63) is 41.4 Å². The molecule has 160 valence electrons. The standard InChI is InChI=1S/C20H22ClN3O6/c1-27-5-6-30-20(26)23-14-4-2-3-13(9-14)22-12-19(25)24-16-11-18-17(10-15(16)21)28-7-8-29-18/h2-4,9-11,22H,5-8,12H2,1H3,(H,23,26)(H,24,25). The Morgan fingerprint density at radius 1 is 1.03 bits per heavy atom. The maximum atomic E-state index is 12.3. The smallest absolute Gasteiger partial charge is 0.411 e. The first kappa shape index (κ1) is 21.5. The second-order valence-electron chi connectivity index (χ2n) is 6.21. The van der Waals surface area contributed by atoms with Crippen LogP contribution in [0.25, 0.3) is 0 Å². The maximum Gasteiger partial charge on any atom is 0.411 e. The summed E-state index contributed by atoms with van der Waals surface area (Å²) in [6.45, 7) is 1.36. The molecule has 2 aromatic carbocycles. The molecule has 0 saturated carbocycles. The highest BCUT2D eigenvalue weighted by Gasteiger charge is 2.16. The highest BCUT2D eigenvalue weighted by atomic mass is 35.5. The van der Waals surface area contributed by atoms with Crippen LogP contribution in [0, 0.1) is 0 Å². The minimum atomic E-state index is -0.588. The Morgan fingerprint density at radius 3 is 2.53 bits per heavy atom. The lowest BCUT2D eigenvalue weighted by atomic mass is 10.2. The molecule has 30 heavy (non-hydrogen) atoms. The van der Waals surface area contributed by atoms with Crippen LogP contribution in [0.2, 0.25) is 5.02 Å². The number of hydrogen-bond donors (Lipinski definition) is 3. The van der Waals surface area contributed by atoms with Crippen molar-refractivity contribution in [2.45, 2.75) is 0 Å². The topological polar surface area (TPSA) is 107 Å². The second-order valence-corrected chi connectivity index (χ2v) is 6.62. The van der Waals surface area contributed by atoms with Gasteiger partial charge in [-0.25, -0.2) is 4.79 Å². The first-order chi connectivity index (χ1) is 14.5. The van der Waals surface area contributed by atoms with Crippen molar-refractivity contribution >= 4 is 40.7 Å². The predicted octanol–water partition coefficient (Wildman–Crippen LogP) is 3.36. The van der Waals surface area contributed by atoms with Gasteiger partial charge in [0, 0.05) is 30.6 Å². The average molecular weight is 436 g/mol. The number of rotatable bonds is 8. The van der Waals surface area contributed by atoms with Gasteiger partial charge in [0.05, 0.1) is 23.9 Å². The summed E-state index contributed by atoms with van der Waals surface area (Å²) in [4.78, 5) is 24.0. The summed E-state index contributed by atoms with van der Waals surface area (Å²) in [5, 5.41) is 8.68. The van der Waals surface area contributed by atoms with E-state index in [1.165, 1.54) is 7.11 Å². The fourth-order valence-corrected chi connectivity index (χ4v) is 2.82. The molecule has 10 heteroatoms. The molecule has 0 fully saturated rings. The molecule has 0 radical (unpaired) electrons. The Morgan fingerprint density at radius 2 is 1.77 bits per heavy atom. The molecular weight excluding hydrogens is 414 g/mol. The molecule has 2 aromatic rings. The minimum Gasteiger partial charge on any atom is -0.486 e. The summed E-state index contributed by atoms with van der Waals surface area (Å²) in [5.74, 6) is 0.781. The number of carbonyl (C=O) groups excluding carboxylic acids is 2. The van der Waals surface area contributed by atoms with E-state index in [0.29, 0.717) is 53.4 Å². The number of ether oxygens (including phenoxy) is 4. The van der Waals surface area contributed by atoms with Gasteiger partial charge < -0.3 is 29.6 Å². The van der Waals surface area contributed by atoms with Crippen LogP contribution in [0.3, 0.4) is 0 Å². The van der Waals surface area contributed by atoms with Crippen molar-refractivity contribution < 1.29 is 28.5 Å². The zero-order chi connectivity index (χ0) is 21.3. The van der Waals surface area contributed by atoms with Gasteiger partial charge in [-0.05, 0) is 18.2 Å². The summed E-state index contributed by atoms with van der Waals surface area (Å²) < 4.78 is 20.7. The van der Waals surface area contributed by atoms with Gasteiger partial charge in [-0.1, -0.05) is 17.7 Å². The van der Waals surface area contributed by atoms with Crippen LogP contribution in [0.5, 0.6) is 11.5 Å². The van der Waals surface area contributed by atoms with Gasteiger partial charge in [0.15, 0.2) is 11.5 Å². The van der Waals surface area contributed by atoms with Crippen molar-refractivity contribution in [3.8, 4) is 11.5 Å². The van der Waals surface area contributed by atoms with E-state index in [1.807, 2.05) is 0 Å². The molecule has 1 aliphatic heterocycles. The van der Waals surface area contributed by atoms with Gasteiger partial charge in [-0.3, -0.25) is 10.1 Å². The van der Waals surface area contributed by atoms with Crippen molar-refractivity contribution in [2.75, 3.05) is 56.0 Å². The molecule has 0 atom stereocenters. The summed E-state index contributed by atoms with van der Waals surface area (Å²) in [6.07, 6.45) is -0.588. The third kappa shape index (κ3) is 6.16. The number of carbonyl (C=O) groups is 2. The zero-order valence-electron chi connectivity index (χ0n) is 16.3. The molecule has 3 rings (SSSR count). The predicted molar refractivity (Wildman–Crippen MR) is 113 cm³/mol. The Hall–Kier alpha value is -3.17. The third-order valence-electron chi connectivity index (χ3n) is 3.99. The molecule has 1 heterocycles. The fraction of sp³-hybridized carbons (Fsp3) is 0.300. The molecule has 0 aromatic heterocycles. The van der Waals surface area contributed by atoms with Crippen molar-refractivity contribution in [2.24, 2.45) is 0 Å². The highest BCUT2D eigenvalue weighted by molar-refractivity contribution is 6.34. The number of benzene rings is 2. The third-order valence-corrected chi connectivity index (χ3v) is 4.30. The highest BCUT2D eigenvalue weighted by Crippen LogP contribution is 2.37. The van der Waals surface area contributed by atoms with E-state index in [4.69, 9.17) is 30.5 Å². The van der Waals surface area contributed by atoms with Gasteiger partial charge in [-0.2, -0.15) is 0 Å². The van der Waals surface area contributed by atoms with E-state index < -0.39 is 6.09 Å². The molecule has 9 nitrogen and oxygen atoms in total. The number of nitrogens with one attached hydrogen (secondary N) is 3. The van der Waals surface area contributed by atoms with Gasteiger partial charge in [-0.15, -0.1) is 0 Å². The molecule has 0 unspecified atom stereocenters. The van der Waals surface area contributed by atoms with Crippen molar-refractivity contribution in [1.82, 2.24) is 0 Å². The summed E-state index contributed by atoms with van der Waals surface area (Å²) in [7, 11) is 1.52. The quantitative estimate of drug-likeness (QED) is 0.546. The van der Waals surface area contributed by atoms with Crippen LogP contribution >= 0.6 is 11.6 Å². The molecule has 0 spiro atoms. The van der Waals surface area contributed by atoms with Crippen LogP contribution in [0.15, 0.2) is 36.4 Å². The van der Waals surface area contributed by atoms with E-state index in [1.54, 1.807) is 36.4 Å². The van der Waals surface area contributed by atoms with Crippen LogP contribution in [0.1, 0.15) is 0 Å². The normalized spacial score (nSPS) is 12.1. The lowest BCUT2D eigenvalue weighted by molar-refractivity contribution is -0.114. The van der Waals surface area contributed by atoms with Crippen LogP contribution in [-0.4, -0.2) is 52.1 Å². The lowest BCUT2D eigenvalue weighted by Crippen LogP contribution is -2.22. The SMILES string of the molecule is COCCOC(=O)Nc1cccc(NCC(=O)Nc2cc3c(cc2Cl)OCCO3)c1. The number of amides is 2. The van der Waals surface area contributed by atoms with Crippen molar-refractivity contribution in [3.63, 3.8) is 0 Å². The minimum absolute atomic E-state index is 0.00743. The Balaban J connectivity index is 1.52. The molecule has 3 N–H and O–H groups in total. The van der Waals surface area contributed by atoms with Gasteiger partial charge in [0.2, 0.25) is 5.91 Å². The van der Waals surface area contributed by atoms with Crippen LogP contribution in [0.4, 0.5) is 21.9 Å². The summed E-state index contributed by atoms with van der Waals surface area (Å²) >= 11 is 6.21. The summed E-state index contributed by atoms with van der Waals surface area (Å²) in [5.41, 5.74) is 1.60. The number of methoxy groups -OCH3 is 1. The largest absolute Gasteiger partial charge is 0.486 e. The maximum absolute atomic E-state index is 12.3.